The zero-order valence-corrected chi connectivity index (χ0v) is 12.4. The maximum absolute atomic E-state index is 12.7. The molecule has 6 nitrogen and oxygen atoms in total. The van der Waals surface area contributed by atoms with E-state index in [2.05, 4.69) is 5.10 Å². The molecule has 0 saturated carbocycles. The van der Waals surface area contributed by atoms with Crippen molar-refractivity contribution >= 4 is 11.5 Å². The minimum Gasteiger partial charge on any atom is -0.497 e. The van der Waals surface area contributed by atoms with E-state index in [4.69, 9.17) is 15.2 Å². The number of aromatic nitrogens is 2. The number of aryl methyl sites for hydroxylation is 1. The van der Waals surface area contributed by atoms with Gasteiger partial charge < -0.3 is 15.2 Å². The number of hydrogen-bond donors (Lipinski definition) is 1. The highest BCUT2D eigenvalue weighted by Crippen LogP contribution is 2.26. The summed E-state index contributed by atoms with van der Waals surface area (Å²) in [7, 11) is 3.07. The van der Waals surface area contributed by atoms with Crippen LogP contribution < -0.4 is 15.2 Å². The Morgan fingerprint density at radius 3 is 2.67 bits per heavy atom. The number of nitrogens with two attached hydrogens (primary N) is 1. The first-order valence-corrected chi connectivity index (χ1v) is 6.70. The van der Waals surface area contributed by atoms with Gasteiger partial charge in [-0.3, -0.25) is 9.48 Å². The molecule has 2 aromatic rings. The fourth-order valence-corrected chi connectivity index (χ4v) is 2.13. The second kappa shape index (κ2) is 6.30. The van der Waals surface area contributed by atoms with Crippen molar-refractivity contribution in [3.8, 4) is 11.5 Å². The zero-order valence-electron chi connectivity index (χ0n) is 12.4. The third kappa shape index (κ3) is 2.84. The monoisotopic (exact) mass is 289 g/mol. The van der Waals surface area contributed by atoms with E-state index in [9.17, 15) is 4.79 Å². The summed E-state index contributed by atoms with van der Waals surface area (Å²) < 4.78 is 12.0. The van der Waals surface area contributed by atoms with Crippen molar-refractivity contribution in [2.75, 3.05) is 20.0 Å². The Kier molecular flexibility index (Phi) is 4.47. The maximum Gasteiger partial charge on any atom is 0.216 e. The molecule has 0 unspecified atom stereocenters. The summed E-state index contributed by atoms with van der Waals surface area (Å²) in [6, 6.07) is 4.98. The van der Waals surface area contributed by atoms with Crippen LogP contribution in [0, 0.1) is 0 Å². The summed E-state index contributed by atoms with van der Waals surface area (Å²) in [5.41, 5.74) is 7.14. The summed E-state index contributed by atoms with van der Waals surface area (Å²) in [4.78, 5) is 12.7. The molecule has 112 valence electrons. The molecule has 0 aliphatic carbocycles. The predicted octanol–water partition coefficient (Wildman–Crippen LogP) is 2.12. The van der Waals surface area contributed by atoms with Gasteiger partial charge >= 0.3 is 0 Å². The number of nitrogen functional groups attached to an aromatic ring is 1. The standard InChI is InChI=1S/C15H19N3O3/c1-4-7-18-14(13(21-3)9-17-18)15(19)11-6-5-10(20-2)8-12(11)16/h5-6,8-9H,4,7,16H2,1-3H3. The van der Waals surface area contributed by atoms with Gasteiger partial charge in [0.25, 0.3) is 0 Å². The molecule has 1 heterocycles. The van der Waals surface area contributed by atoms with Crippen LogP contribution in [0.1, 0.15) is 29.4 Å². The highest BCUT2D eigenvalue weighted by atomic mass is 16.5. The van der Waals surface area contributed by atoms with Gasteiger partial charge in [0.15, 0.2) is 11.4 Å². The quantitative estimate of drug-likeness (QED) is 0.651. The lowest BCUT2D eigenvalue weighted by Crippen LogP contribution is -2.14. The Bertz CT molecular complexity index is 650. The minimum absolute atomic E-state index is 0.210. The molecule has 6 heteroatoms. The molecular formula is C15H19N3O3. The van der Waals surface area contributed by atoms with Gasteiger partial charge in [0.2, 0.25) is 5.78 Å². The van der Waals surface area contributed by atoms with E-state index in [1.54, 1.807) is 36.2 Å². The number of carbonyl (C=O) groups is 1. The Hall–Kier alpha value is -2.50. The van der Waals surface area contributed by atoms with Gasteiger partial charge in [-0.05, 0) is 18.6 Å². The van der Waals surface area contributed by atoms with Gasteiger partial charge in [0.05, 0.1) is 20.4 Å². The molecule has 0 atom stereocenters. The van der Waals surface area contributed by atoms with Crippen molar-refractivity contribution in [3.05, 3.63) is 35.7 Å². The minimum atomic E-state index is -0.210. The van der Waals surface area contributed by atoms with Crippen LogP contribution in [-0.4, -0.2) is 29.8 Å². The number of anilines is 1. The number of hydrogen-bond acceptors (Lipinski definition) is 5. The van der Waals surface area contributed by atoms with E-state index in [0.29, 0.717) is 35.0 Å². The molecule has 0 fully saturated rings. The third-order valence-corrected chi connectivity index (χ3v) is 3.18. The van der Waals surface area contributed by atoms with E-state index in [0.717, 1.165) is 6.42 Å². The topological polar surface area (TPSA) is 79.4 Å². The van der Waals surface area contributed by atoms with E-state index in [1.807, 2.05) is 6.92 Å². The number of nitrogens with zero attached hydrogens (tertiary/aromatic N) is 2. The third-order valence-electron chi connectivity index (χ3n) is 3.18. The van der Waals surface area contributed by atoms with Crippen molar-refractivity contribution in [2.24, 2.45) is 0 Å². The second-order valence-corrected chi connectivity index (χ2v) is 4.57. The average Bonchev–Trinajstić information content (AvgIpc) is 2.89. The van der Waals surface area contributed by atoms with Crippen molar-refractivity contribution in [1.82, 2.24) is 9.78 Å². The van der Waals surface area contributed by atoms with E-state index < -0.39 is 0 Å². The first kappa shape index (κ1) is 14.9. The lowest BCUT2D eigenvalue weighted by atomic mass is 10.1. The fourth-order valence-electron chi connectivity index (χ4n) is 2.13. The smallest absolute Gasteiger partial charge is 0.216 e. The van der Waals surface area contributed by atoms with E-state index in [-0.39, 0.29) is 5.78 Å². The molecule has 0 aliphatic heterocycles. The molecule has 21 heavy (non-hydrogen) atoms. The van der Waals surface area contributed by atoms with Crippen LogP contribution >= 0.6 is 0 Å². The Morgan fingerprint density at radius 2 is 2.10 bits per heavy atom. The lowest BCUT2D eigenvalue weighted by molar-refractivity contribution is 0.102. The van der Waals surface area contributed by atoms with Crippen LogP contribution in [0.4, 0.5) is 5.69 Å². The Balaban J connectivity index is 2.46. The number of carbonyl (C=O) groups excluding carboxylic acids is 1. The molecular weight excluding hydrogens is 270 g/mol. The zero-order chi connectivity index (χ0) is 15.4. The highest BCUT2D eigenvalue weighted by molar-refractivity contribution is 6.12. The number of benzene rings is 1. The molecule has 0 radical (unpaired) electrons. The molecule has 0 spiro atoms. The molecule has 2 N–H and O–H groups in total. The van der Waals surface area contributed by atoms with Crippen LogP contribution in [0.15, 0.2) is 24.4 Å². The van der Waals surface area contributed by atoms with Crippen LogP contribution in [0.25, 0.3) is 0 Å². The molecule has 0 amide bonds. The molecule has 0 aliphatic rings. The Morgan fingerprint density at radius 1 is 1.33 bits per heavy atom. The van der Waals surface area contributed by atoms with E-state index in [1.165, 1.54) is 7.11 Å². The summed E-state index contributed by atoms with van der Waals surface area (Å²) in [6.07, 6.45) is 2.41. The van der Waals surface area contributed by atoms with Gasteiger partial charge in [-0.2, -0.15) is 5.10 Å². The van der Waals surface area contributed by atoms with Crippen LogP contribution in [0.3, 0.4) is 0 Å². The number of methoxy groups -OCH3 is 2. The van der Waals surface area contributed by atoms with Gasteiger partial charge in [0, 0.05) is 23.9 Å². The van der Waals surface area contributed by atoms with Gasteiger partial charge in [-0.1, -0.05) is 6.92 Å². The molecule has 1 aromatic heterocycles. The highest BCUT2D eigenvalue weighted by Gasteiger charge is 2.22. The van der Waals surface area contributed by atoms with Crippen molar-refractivity contribution in [3.63, 3.8) is 0 Å². The predicted molar refractivity (Wildman–Crippen MR) is 79.9 cm³/mol. The van der Waals surface area contributed by atoms with Crippen molar-refractivity contribution in [2.45, 2.75) is 19.9 Å². The summed E-state index contributed by atoms with van der Waals surface area (Å²) in [5.74, 6) is 0.847. The van der Waals surface area contributed by atoms with Crippen LogP contribution in [0.5, 0.6) is 11.5 Å². The SMILES string of the molecule is CCCn1ncc(OC)c1C(=O)c1ccc(OC)cc1N. The molecule has 2 rings (SSSR count). The summed E-state index contributed by atoms with van der Waals surface area (Å²) in [5, 5.41) is 4.19. The van der Waals surface area contributed by atoms with Gasteiger partial charge in [-0.25, -0.2) is 0 Å². The van der Waals surface area contributed by atoms with E-state index >= 15 is 0 Å². The molecule has 0 saturated heterocycles. The van der Waals surface area contributed by atoms with Crippen molar-refractivity contribution < 1.29 is 14.3 Å². The normalized spacial score (nSPS) is 10.4. The molecule has 0 bridgehead atoms. The van der Waals surface area contributed by atoms with Crippen molar-refractivity contribution in [1.29, 1.82) is 0 Å². The first-order valence-electron chi connectivity index (χ1n) is 6.70. The van der Waals surface area contributed by atoms with Crippen LogP contribution in [-0.2, 0) is 6.54 Å². The first-order chi connectivity index (χ1) is 10.1. The number of rotatable bonds is 6. The Labute approximate surface area is 123 Å². The van der Waals surface area contributed by atoms with Gasteiger partial charge in [-0.15, -0.1) is 0 Å². The largest absolute Gasteiger partial charge is 0.497 e. The lowest BCUT2D eigenvalue weighted by Gasteiger charge is -2.10. The fraction of sp³-hybridized carbons (Fsp3) is 0.333. The van der Waals surface area contributed by atoms with Gasteiger partial charge in [0.1, 0.15) is 5.75 Å². The van der Waals surface area contributed by atoms with Crippen LogP contribution in [0.2, 0.25) is 0 Å². The average molecular weight is 289 g/mol. The molecule has 1 aromatic carbocycles. The maximum atomic E-state index is 12.7. The summed E-state index contributed by atoms with van der Waals surface area (Å²) in [6.45, 7) is 2.66. The summed E-state index contributed by atoms with van der Waals surface area (Å²) >= 11 is 0. The second-order valence-electron chi connectivity index (χ2n) is 4.57. The number of ether oxygens (including phenoxy) is 2. The number of ketones is 1.